The topological polar surface area (TPSA) is 49.6 Å². The molecule has 4 rings (SSSR count). The van der Waals surface area contributed by atoms with Gasteiger partial charge >= 0.3 is 0 Å². The lowest BCUT2D eigenvalue weighted by Gasteiger charge is -2.35. The minimum absolute atomic E-state index is 0.860. The maximum atomic E-state index is 4.58. The fraction of sp³-hybridized carbons (Fsp3) is 0.389. The molecule has 1 aromatic carbocycles. The Balaban J connectivity index is 1.47. The Morgan fingerprint density at radius 1 is 1.08 bits per heavy atom. The van der Waals surface area contributed by atoms with Crippen molar-refractivity contribution in [1.82, 2.24) is 24.5 Å². The summed E-state index contributed by atoms with van der Waals surface area (Å²) in [6, 6.07) is 8.44. The molecule has 3 aromatic rings. The van der Waals surface area contributed by atoms with Crippen LogP contribution >= 0.6 is 15.9 Å². The molecule has 0 aliphatic carbocycles. The molecule has 0 saturated carbocycles. The molecule has 6 nitrogen and oxygen atoms in total. The molecule has 0 radical (unpaired) electrons. The van der Waals surface area contributed by atoms with E-state index in [1.54, 1.807) is 0 Å². The summed E-state index contributed by atoms with van der Waals surface area (Å²) in [7, 11) is 0. The number of aryl methyl sites for hydroxylation is 1. The molecular weight excluding hydrogens is 380 g/mol. The van der Waals surface area contributed by atoms with Gasteiger partial charge in [-0.3, -0.25) is 9.30 Å². The highest BCUT2D eigenvalue weighted by Crippen LogP contribution is 2.22. The van der Waals surface area contributed by atoms with Crippen LogP contribution in [0.3, 0.4) is 0 Å². The highest BCUT2D eigenvalue weighted by molar-refractivity contribution is 9.10. The standard InChI is InChI=1S/C18H21BrN6/c1-2-16-21-22-18-17(20-7-8-25(16)18)24-11-9-23(10-12-24)13-14-5-3-4-6-15(14)19/h3-8H,2,9-13H2,1H3. The predicted molar refractivity (Wildman–Crippen MR) is 102 cm³/mol. The Labute approximate surface area is 155 Å². The molecule has 1 aliphatic heterocycles. The van der Waals surface area contributed by atoms with Crippen LogP contribution in [0.5, 0.6) is 0 Å². The Kier molecular flexibility index (Phi) is 4.67. The Morgan fingerprint density at radius 2 is 1.88 bits per heavy atom. The summed E-state index contributed by atoms with van der Waals surface area (Å²) in [6.45, 7) is 6.99. The van der Waals surface area contributed by atoms with Crippen LogP contribution in [-0.2, 0) is 13.0 Å². The Hall–Kier alpha value is -1.99. The zero-order valence-electron chi connectivity index (χ0n) is 14.3. The number of fused-ring (bicyclic) bond motifs is 1. The first kappa shape index (κ1) is 16.5. The van der Waals surface area contributed by atoms with E-state index >= 15 is 0 Å². The van der Waals surface area contributed by atoms with E-state index in [1.165, 1.54) is 10.0 Å². The normalized spacial score (nSPS) is 15.8. The number of halogens is 1. The Morgan fingerprint density at radius 3 is 2.64 bits per heavy atom. The molecule has 0 N–H and O–H groups in total. The summed E-state index contributed by atoms with van der Waals surface area (Å²) < 4.78 is 3.23. The van der Waals surface area contributed by atoms with Crippen molar-refractivity contribution in [2.75, 3.05) is 31.1 Å². The number of benzene rings is 1. The third-order valence-corrected chi connectivity index (χ3v) is 5.49. The van der Waals surface area contributed by atoms with E-state index in [-0.39, 0.29) is 0 Å². The molecule has 130 valence electrons. The van der Waals surface area contributed by atoms with E-state index in [9.17, 15) is 0 Å². The van der Waals surface area contributed by atoms with E-state index < -0.39 is 0 Å². The SMILES string of the molecule is CCc1nnc2c(N3CCN(Cc4ccccc4Br)CC3)nccn12. The molecular formula is C18H21BrN6. The second-order valence-electron chi connectivity index (χ2n) is 6.27. The number of hydrogen-bond acceptors (Lipinski definition) is 5. The average molecular weight is 401 g/mol. The first-order valence-electron chi connectivity index (χ1n) is 8.65. The van der Waals surface area contributed by atoms with Gasteiger partial charge in [-0.1, -0.05) is 41.1 Å². The molecule has 25 heavy (non-hydrogen) atoms. The maximum Gasteiger partial charge on any atom is 0.203 e. The molecule has 0 unspecified atom stereocenters. The van der Waals surface area contributed by atoms with Gasteiger partial charge in [-0.25, -0.2) is 4.98 Å². The van der Waals surface area contributed by atoms with Crippen LogP contribution in [0.25, 0.3) is 5.65 Å². The van der Waals surface area contributed by atoms with Gasteiger partial charge in [0.25, 0.3) is 0 Å². The molecule has 1 saturated heterocycles. The van der Waals surface area contributed by atoms with E-state index in [1.807, 2.05) is 12.4 Å². The van der Waals surface area contributed by atoms with Crippen molar-refractivity contribution in [3.8, 4) is 0 Å². The smallest absolute Gasteiger partial charge is 0.203 e. The fourth-order valence-electron chi connectivity index (χ4n) is 3.31. The van der Waals surface area contributed by atoms with Crippen LogP contribution in [-0.4, -0.2) is 50.7 Å². The van der Waals surface area contributed by atoms with Crippen LogP contribution in [0.4, 0.5) is 5.82 Å². The van der Waals surface area contributed by atoms with Crippen molar-refractivity contribution in [1.29, 1.82) is 0 Å². The van der Waals surface area contributed by atoms with E-state index in [0.717, 1.165) is 56.4 Å². The van der Waals surface area contributed by atoms with Crippen molar-refractivity contribution < 1.29 is 0 Å². The first-order chi connectivity index (χ1) is 12.3. The van der Waals surface area contributed by atoms with Gasteiger partial charge in [0.2, 0.25) is 5.65 Å². The number of rotatable bonds is 4. The van der Waals surface area contributed by atoms with Gasteiger partial charge in [0.1, 0.15) is 5.82 Å². The van der Waals surface area contributed by atoms with Gasteiger partial charge in [-0.15, -0.1) is 10.2 Å². The summed E-state index contributed by atoms with van der Waals surface area (Å²) in [5, 5.41) is 8.63. The fourth-order valence-corrected chi connectivity index (χ4v) is 3.72. The van der Waals surface area contributed by atoms with Gasteiger partial charge in [0.15, 0.2) is 5.82 Å². The first-order valence-corrected chi connectivity index (χ1v) is 9.45. The monoisotopic (exact) mass is 400 g/mol. The molecule has 1 fully saturated rings. The van der Waals surface area contributed by atoms with Gasteiger partial charge in [-0.2, -0.15) is 0 Å². The number of aromatic nitrogens is 4. The highest BCUT2D eigenvalue weighted by atomic mass is 79.9. The summed E-state index contributed by atoms with van der Waals surface area (Å²) >= 11 is 3.64. The van der Waals surface area contributed by atoms with Gasteiger partial charge in [0, 0.05) is 56.0 Å². The zero-order chi connectivity index (χ0) is 17.2. The lowest BCUT2D eigenvalue weighted by atomic mass is 10.2. The van der Waals surface area contributed by atoms with Gasteiger partial charge in [0.05, 0.1) is 0 Å². The van der Waals surface area contributed by atoms with E-state index in [2.05, 4.69) is 76.5 Å². The highest BCUT2D eigenvalue weighted by Gasteiger charge is 2.21. The lowest BCUT2D eigenvalue weighted by molar-refractivity contribution is 0.249. The number of hydrogen-bond donors (Lipinski definition) is 0. The van der Waals surface area contributed by atoms with Crippen molar-refractivity contribution >= 4 is 27.4 Å². The summed E-state index contributed by atoms with van der Waals surface area (Å²) in [5.41, 5.74) is 2.19. The van der Waals surface area contributed by atoms with E-state index in [4.69, 9.17) is 0 Å². The molecule has 0 bridgehead atoms. The Bertz CT molecular complexity index is 869. The van der Waals surface area contributed by atoms with Crippen LogP contribution < -0.4 is 4.90 Å². The zero-order valence-corrected chi connectivity index (χ0v) is 15.9. The van der Waals surface area contributed by atoms with Gasteiger partial charge < -0.3 is 4.90 Å². The molecule has 2 aromatic heterocycles. The van der Waals surface area contributed by atoms with Crippen molar-refractivity contribution in [2.24, 2.45) is 0 Å². The van der Waals surface area contributed by atoms with Crippen molar-refractivity contribution in [3.63, 3.8) is 0 Å². The van der Waals surface area contributed by atoms with Crippen LogP contribution in [0.2, 0.25) is 0 Å². The third-order valence-electron chi connectivity index (χ3n) is 4.72. The summed E-state index contributed by atoms with van der Waals surface area (Å²) in [4.78, 5) is 9.38. The van der Waals surface area contributed by atoms with Crippen LogP contribution in [0, 0.1) is 0 Å². The van der Waals surface area contributed by atoms with Gasteiger partial charge in [-0.05, 0) is 11.6 Å². The van der Waals surface area contributed by atoms with Crippen LogP contribution in [0.1, 0.15) is 18.3 Å². The minimum Gasteiger partial charge on any atom is -0.351 e. The maximum absolute atomic E-state index is 4.58. The quantitative estimate of drug-likeness (QED) is 0.673. The second kappa shape index (κ2) is 7.09. The molecule has 0 atom stereocenters. The second-order valence-corrected chi connectivity index (χ2v) is 7.12. The summed E-state index contributed by atoms with van der Waals surface area (Å²) in [5.74, 6) is 1.92. The van der Waals surface area contributed by atoms with Crippen LogP contribution in [0.15, 0.2) is 41.1 Å². The summed E-state index contributed by atoms with van der Waals surface area (Å²) in [6.07, 6.45) is 4.66. The largest absolute Gasteiger partial charge is 0.351 e. The molecule has 0 spiro atoms. The molecule has 7 heteroatoms. The third kappa shape index (κ3) is 3.26. The number of nitrogens with zero attached hydrogens (tertiary/aromatic N) is 6. The number of piperazine rings is 1. The minimum atomic E-state index is 0.860. The molecule has 0 amide bonds. The lowest BCUT2D eigenvalue weighted by Crippen LogP contribution is -2.46. The van der Waals surface area contributed by atoms with E-state index in [0.29, 0.717) is 0 Å². The average Bonchev–Trinajstić information content (AvgIpc) is 3.07. The molecule has 1 aliphatic rings. The molecule has 3 heterocycles. The predicted octanol–water partition coefficient (Wildman–Crippen LogP) is 2.77. The van der Waals surface area contributed by atoms with Crippen molar-refractivity contribution in [3.05, 3.63) is 52.5 Å². The number of anilines is 1. The van der Waals surface area contributed by atoms with Crippen molar-refractivity contribution in [2.45, 2.75) is 19.9 Å².